The van der Waals surface area contributed by atoms with Crippen LogP contribution in [0, 0.1) is 0 Å². The molecule has 0 atom stereocenters. The third-order valence-electron chi connectivity index (χ3n) is 9.96. The van der Waals surface area contributed by atoms with Crippen molar-refractivity contribution in [2.75, 3.05) is 4.90 Å². The van der Waals surface area contributed by atoms with Crippen molar-refractivity contribution in [3.63, 3.8) is 0 Å². The number of rotatable bonds is 2. The van der Waals surface area contributed by atoms with Gasteiger partial charge in [0.2, 0.25) is 0 Å². The van der Waals surface area contributed by atoms with Crippen LogP contribution in [0.1, 0.15) is 74.9 Å². The lowest BCUT2D eigenvalue weighted by molar-refractivity contribution is 0.567. The Hall–Kier alpha value is -4.24. The van der Waals surface area contributed by atoms with Crippen LogP contribution in [-0.4, -0.2) is 9.97 Å². The van der Waals surface area contributed by atoms with E-state index in [1.807, 2.05) is 36.9 Å². The van der Waals surface area contributed by atoms with Gasteiger partial charge in [0.15, 0.2) is 0 Å². The number of pyridine rings is 2. The number of para-hydroxylation sites is 1. The molecule has 3 aliphatic rings. The molecule has 0 radical (unpaired) electrons. The fourth-order valence-electron chi connectivity index (χ4n) is 7.62. The van der Waals surface area contributed by atoms with Crippen LogP contribution in [0.25, 0.3) is 22.3 Å². The molecule has 196 valence electrons. The molecule has 0 amide bonds. The highest BCUT2D eigenvalue weighted by Gasteiger charge is 2.51. The number of aromatic nitrogens is 2. The summed E-state index contributed by atoms with van der Waals surface area (Å²) in [6.45, 7) is 14.4. The van der Waals surface area contributed by atoms with Gasteiger partial charge >= 0.3 is 0 Å². The van der Waals surface area contributed by atoms with Gasteiger partial charge in [0.05, 0.1) is 17.1 Å². The average molecular weight is 520 g/mol. The number of hydrogen-bond donors (Lipinski definition) is 0. The van der Waals surface area contributed by atoms with E-state index < -0.39 is 0 Å². The standard InChI is InChI=1S/C37H33N3/c1-35(2)26-12-7-13-27-32(26)40-33-28(35)16-24(22-10-8-14-38-20-22)18-30(33)37(5,6)31-19-25(23-11-9-15-39-21-23)17-29(34(31)40)36(27,3)4/h7-21H,1-6H3. The molecule has 0 unspecified atom stereocenters. The number of anilines is 3. The predicted octanol–water partition coefficient (Wildman–Crippen LogP) is 9.20. The summed E-state index contributed by atoms with van der Waals surface area (Å²) in [5.74, 6) is 0. The molecule has 3 heteroatoms. The number of hydrogen-bond acceptors (Lipinski definition) is 3. The summed E-state index contributed by atoms with van der Waals surface area (Å²) < 4.78 is 0. The van der Waals surface area contributed by atoms with E-state index >= 15 is 0 Å². The van der Waals surface area contributed by atoms with E-state index in [2.05, 4.69) is 111 Å². The second-order valence-electron chi connectivity index (χ2n) is 13.2. The molecule has 2 aromatic heterocycles. The Bertz CT molecular complexity index is 1730. The van der Waals surface area contributed by atoms with Crippen molar-refractivity contribution in [3.05, 3.63) is 125 Å². The SMILES string of the molecule is CC1(C)c2cccc3c2N2c4c1cc(-c1cccnc1)cc4C(C)(C)c1cc(-c4cccnc4)cc(c12)C3(C)C. The zero-order chi connectivity index (χ0) is 27.6. The maximum absolute atomic E-state index is 4.47. The minimum atomic E-state index is -0.211. The van der Waals surface area contributed by atoms with Gasteiger partial charge in [-0.2, -0.15) is 0 Å². The van der Waals surface area contributed by atoms with Gasteiger partial charge in [-0.1, -0.05) is 71.9 Å². The Balaban J connectivity index is 1.54. The van der Waals surface area contributed by atoms with Crippen molar-refractivity contribution in [2.24, 2.45) is 0 Å². The van der Waals surface area contributed by atoms with Crippen molar-refractivity contribution in [3.8, 4) is 22.3 Å². The largest absolute Gasteiger partial charge is 0.309 e. The molecule has 5 aromatic rings. The first-order valence-corrected chi connectivity index (χ1v) is 14.2. The number of nitrogens with zero attached hydrogens (tertiary/aromatic N) is 3. The maximum atomic E-state index is 4.47. The summed E-state index contributed by atoms with van der Waals surface area (Å²) in [4.78, 5) is 11.6. The first kappa shape index (κ1) is 23.6. The molecular weight excluding hydrogens is 486 g/mol. The van der Waals surface area contributed by atoms with Crippen molar-refractivity contribution in [2.45, 2.75) is 57.8 Å². The molecule has 5 heterocycles. The Morgan fingerprint density at radius 3 is 1.20 bits per heavy atom. The molecule has 0 saturated heterocycles. The fourth-order valence-corrected chi connectivity index (χ4v) is 7.62. The lowest BCUT2D eigenvalue weighted by Crippen LogP contribution is -2.43. The molecule has 0 spiro atoms. The Labute approximate surface area is 236 Å². The third-order valence-corrected chi connectivity index (χ3v) is 9.96. The van der Waals surface area contributed by atoms with E-state index in [1.54, 1.807) is 0 Å². The van der Waals surface area contributed by atoms with Gasteiger partial charge in [-0.25, -0.2) is 0 Å². The van der Waals surface area contributed by atoms with Crippen LogP contribution in [0.5, 0.6) is 0 Å². The Morgan fingerprint density at radius 2 is 0.825 bits per heavy atom. The summed E-state index contributed by atoms with van der Waals surface area (Å²) in [6, 6.07) is 25.1. The molecule has 3 aliphatic heterocycles. The Kier molecular flexibility index (Phi) is 4.42. The topological polar surface area (TPSA) is 29.0 Å². The van der Waals surface area contributed by atoms with Gasteiger partial charge in [0.25, 0.3) is 0 Å². The summed E-state index contributed by atoms with van der Waals surface area (Å²) in [5.41, 5.74) is 16.7. The first-order chi connectivity index (χ1) is 19.1. The van der Waals surface area contributed by atoms with E-state index in [9.17, 15) is 0 Å². The summed E-state index contributed by atoms with van der Waals surface area (Å²) in [5, 5.41) is 0. The van der Waals surface area contributed by atoms with Crippen molar-refractivity contribution < 1.29 is 0 Å². The van der Waals surface area contributed by atoms with Gasteiger partial charge in [0.1, 0.15) is 0 Å². The van der Waals surface area contributed by atoms with E-state index in [4.69, 9.17) is 0 Å². The minimum absolute atomic E-state index is 0.152. The van der Waals surface area contributed by atoms with Gasteiger partial charge in [-0.3, -0.25) is 9.97 Å². The van der Waals surface area contributed by atoms with E-state index in [-0.39, 0.29) is 16.2 Å². The molecule has 0 fully saturated rings. The zero-order valence-electron chi connectivity index (χ0n) is 24.0. The molecule has 0 aliphatic carbocycles. The van der Waals surface area contributed by atoms with Gasteiger partial charge in [-0.15, -0.1) is 0 Å². The van der Waals surface area contributed by atoms with Gasteiger partial charge in [-0.05, 0) is 80.9 Å². The van der Waals surface area contributed by atoms with Crippen molar-refractivity contribution in [1.82, 2.24) is 9.97 Å². The molecule has 0 bridgehead atoms. The molecular formula is C37H33N3. The molecule has 0 N–H and O–H groups in total. The second kappa shape index (κ2) is 7.48. The van der Waals surface area contributed by atoms with Crippen molar-refractivity contribution in [1.29, 1.82) is 0 Å². The highest BCUT2D eigenvalue weighted by atomic mass is 15.2. The van der Waals surface area contributed by atoms with Gasteiger partial charge < -0.3 is 4.90 Å². The summed E-state index contributed by atoms with van der Waals surface area (Å²) in [6.07, 6.45) is 7.68. The normalized spacial score (nSPS) is 17.8. The van der Waals surface area contributed by atoms with Crippen LogP contribution in [-0.2, 0) is 16.2 Å². The minimum Gasteiger partial charge on any atom is -0.309 e. The van der Waals surface area contributed by atoms with Crippen molar-refractivity contribution >= 4 is 17.1 Å². The predicted molar refractivity (Wildman–Crippen MR) is 164 cm³/mol. The zero-order valence-corrected chi connectivity index (χ0v) is 24.0. The second-order valence-corrected chi connectivity index (χ2v) is 13.2. The van der Waals surface area contributed by atoms with Crippen LogP contribution in [0.15, 0.2) is 91.5 Å². The molecule has 0 saturated carbocycles. The van der Waals surface area contributed by atoms with Crippen LogP contribution >= 0.6 is 0 Å². The molecule has 3 nitrogen and oxygen atoms in total. The van der Waals surface area contributed by atoms with Crippen LogP contribution in [0.3, 0.4) is 0 Å². The van der Waals surface area contributed by atoms with Crippen LogP contribution < -0.4 is 4.90 Å². The summed E-state index contributed by atoms with van der Waals surface area (Å²) >= 11 is 0. The summed E-state index contributed by atoms with van der Waals surface area (Å²) in [7, 11) is 0. The van der Waals surface area contributed by atoms with Crippen LogP contribution in [0.2, 0.25) is 0 Å². The lowest BCUT2D eigenvalue weighted by Gasteiger charge is -2.55. The van der Waals surface area contributed by atoms with E-state index in [1.165, 1.54) is 61.6 Å². The van der Waals surface area contributed by atoms with E-state index in [0.717, 1.165) is 11.1 Å². The monoisotopic (exact) mass is 519 g/mol. The van der Waals surface area contributed by atoms with Crippen LogP contribution in [0.4, 0.5) is 17.1 Å². The van der Waals surface area contributed by atoms with E-state index in [0.29, 0.717) is 0 Å². The molecule has 3 aromatic carbocycles. The first-order valence-electron chi connectivity index (χ1n) is 14.2. The highest BCUT2D eigenvalue weighted by Crippen LogP contribution is 2.66. The third kappa shape index (κ3) is 2.80. The molecule has 8 rings (SSSR count). The lowest BCUT2D eigenvalue weighted by atomic mass is 9.60. The smallest absolute Gasteiger partial charge is 0.0544 e. The molecule has 40 heavy (non-hydrogen) atoms. The average Bonchev–Trinajstić information content (AvgIpc) is 2.96. The fraction of sp³-hybridized carbons (Fsp3) is 0.243. The Morgan fingerprint density at radius 1 is 0.450 bits per heavy atom. The number of benzene rings is 3. The highest BCUT2D eigenvalue weighted by molar-refractivity contribution is 6.00. The quantitative estimate of drug-likeness (QED) is 0.233. The maximum Gasteiger partial charge on any atom is 0.0544 e. The van der Waals surface area contributed by atoms with Gasteiger partial charge in [0, 0.05) is 52.2 Å².